The van der Waals surface area contributed by atoms with E-state index >= 15 is 0 Å². The fourth-order valence-electron chi connectivity index (χ4n) is 2.27. The van der Waals surface area contributed by atoms with Crippen molar-refractivity contribution in [2.24, 2.45) is 0 Å². The molecule has 0 amide bonds. The molecule has 2 unspecified atom stereocenters. The van der Waals surface area contributed by atoms with Crippen LogP contribution in [0.5, 0.6) is 0 Å². The van der Waals surface area contributed by atoms with E-state index in [0.717, 1.165) is 25.0 Å². The van der Waals surface area contributed by atoms with Crippen LogP contribution in [0.2, 0.25) is 0 Å². The fraction of sp³-hybridized carbons (Fsp3) is 0.400. The third kappa shape index (κ3) is 6.03. The van der Waals surface area contributed by atoms with Crippen LogP contribution in [0.15, 0.2) is 18.2 Å². The first-order chi connectivity index (χ1) is 10.8. The summed E-state index contributed by atoms with van der Waals surface area (Å²) in [5.74, 6) is -4.53. The normalized spacial score (nSPS) is 19.2. The molecule has 1 aliphatic rings. The van der Waals surface area contributed by atoms with E-state index in [1.807, 2.05) is 0 Å². The van der Waals surface area contributed by atoms with Crippen LogP contribution in [-0.2, 0) is 21.1 Å². The van der Waals surface area contributed by atoms with Gasteiger partial charge in [0.1, 0.15) is 0 Å². The van der Waals surface area contributed by atoms with Crippen LogP contribution in [0.1, 0.15) is 56.8 Å². The maximum absolute atomic E-state index is 10.7. The molecule has 8 nitrogen and oxygen atoms in total. The van der Waals surface area contributed by atoms with Crippen LogP contribution in [0, 0.1) is 0 Å². The molecule has 5 N–H and O–H groups in total. The molecule has 0 heterocycles. The molecule has 24 heavy (non-hydrogen) atoms. The Balaban J connectivity index is 0.000000498. The van der Waals surface area contributed by atoms with Crippen LogP contribution >= 0.6 is 0 Å². The van der Waals surface area contributed by atoms with Gasteiger partial charge in [0.05, 0.1) is 16.7 Å². The number of nitrogens with one attached hydrogen (secondary N) is 2. The van der Waals surface area contributed by atoms with Crippen LogP contribution in [0.4, 0.5) is 0 Å². The van der Waals surface area contributed by atoms with Gasteiger partial charge < -0.3 is 26.8 Å². The topological polar surface area (TPSA) is 160 Å². The van der Waals surface area contributed by atoms with E-state index in [1.165, 1.54) is 18.9 Å². The molecular weight excluding hydrogens is 499 g/mol. The summed E-state index contributed by atoms with van der Waals surface area (Å²) in [5.41, 5.74) is 12.8. The monoisotopic (exact) mass is 517 g/mol. The Morgan fingerprint density at radius 1 is 0.833 bits per heavy atom. The maximum atomic E-state index is 10.7. The van der Waals surface area contributed by atoms with Crippen molar-refractivity contribution < 1.29 is 50.8 Å². The molecule has 2 rings (SSSR count). The number of benzene rings is 1. The molecule has 0 aliphatic heterocycles. The van der Waals surface area contributed by atoms with E-state index in [4.69, 9.17) is 26.8 Å². The molecule has 134 valence electrons. The first-order valence-corrected chi connectivity index (χ1v) is 7.00. The standard InChI is InChI=1S/C9H6O6.C6H12N2.Pt/c10-7(11)4-2-1-3-5(8(12)13)6(4)9(14)15;7-5-3-1-2-4-6(5)8;/h1-3H,(H,10,11)(H,12,13)(H,14,15);5-8H,1-4H2;/q;-2;+2. The minimum Gasteiger partial charge on any atom is -0.676 e. The molecule has 0 aromatic heterocycles. The van der Waals surface area contributed by atoms with Crippen molar-refractivity contribution >= 4 is 17.9 Å². The van der Waals surface area contributed by atoms with E-state index in [9.17, 15) is 14.4 Å². The van der Waals surface area contributed by atoms with Crippen molar-refractivity contribution in [3.05, 3.63) is 46.4 Å². The van der Waals surface area contributed by atoms with Gasteiger partial charge in [0.2, 0.25) is 0 Å². The fourth-order valence-corrected chi connectivity index (χ4v) is 2.27. The Kier molecular flexibility index (Phi) is 9.43. The Hall–Kier alpha value is -1.76. The summed E-state index contributed by atoms with van der Waals surface area (Å²) in [6.45, 7) is 0. The second-order valence-corrected chi connectivity index (χ2v) is 5.14. The molecule has 9 heteroatoms. The van der Waals surface area contributed by atoms with Crippen molar-refractivity contribution in [2.45, 2.75) is 37.8 Å². The third-order valence-corrected chi connectivity index (χ3v) is 3.51. The summed E-state index contributed by atoms with van der Waals surface area (Å²) in [6.07, 6.45) is 4.25. The molecule has 0 radical (unpaired) electrons. The van der Waals surface area contributed by atoms with E-state index in [2.05, 4.69) is 0 Å². The molecule has 1 saturated carbocycles. The SMILES string of the molecule is O=C(O)c1cccc(C(=O)O)c1C(=O)O.[NH-]C1CCCCC1[NH-].[Pt+2]. The molecule has 0 saturated heterocycles. The van der Waals surface area contributed by atoms with Crippen molar-refractivity contribution in [2.75, 3.05) is 0 Å². The van der Waals surface area contributed by atoms with Gasteiger partial charge in [-0.05, 0) is 12.1 Å². The van der Waals surface area contributed by atoms with Crippen LogP contribution in [0.3, 0.4) is 0 Å². The molecular formula is C15H18N2O6Pt. The van der Waals surface area contributed by atoms with Crippen molar-refractivity contribution in [1.29, 1.82) is 0 Å². The van der Waals surface area contributed by atoms with Gasteiger partial charge >= 0.3 is 39.0 Å². The second-order valence-electron chi connectivity index (χ2n) is 5.14. The summed E-state index contributed by atoms with van der Waals surface area (Å²) in [4.78, 5) is 32.0. The first kappa shape index (κ1) is 22.2. The number of aromatic carboxylic acids is 3. The van der Waals surface area contributed by atoms with E-state index in [-0.39, 0.29) is 33.1 Å². The van der Waals surface area contributed by atoms with Gasteiger partial charge in [-0.2, -0.15) is 12.1 Å². The predicted octanol–water partition coefficient (Wildman–Crippen LogP) is 3.18. The smallest absolute Gasteiger partial charge is 0.676 e. The number of carbonyl (C=O) groups is 3. The van der Waals surface area contributed by atoms with Gasteiger partial charge in [0, 0.05) is 0 Å². The maximum Gasteiger partial charge on any atom is 2.00 e. The Bertz CT molecular complexity index is 565. The quantitative estimate of drug-likeness (QED) is 0.558. The Labute approximate surface area is 153 Å². The number of hydrogen-bond acceptors (Lipinski definition) is 3. The first-order valence-electron chi connectivity index (χ1n) is 7.00. The number of rotatable bonds is 3. The Morgan fingerprint density at radius 2 is 1.21 bits per heavy atom. The molecule has 1 aromatic rings. The van der Waals surface area contributed by atoms with Crippen molar-refractivity contribution in [3.8, 4) is 0 Å². The zero-order valence-electron chi connectivity index (χ0n) is 12.6. The van der Waals surface area contributed by atoms with Gasteiger partial charge in [0.25, 0.3) is 0 Å². The van der Waals surface area contributed by atoms with Gasteiger partial charge in [0.15, 0.2) is 0 Å². The summed E-state index contributed by atoms with van der Waals surface area (Å²) in [6, 6.07) is 3.10. The molecule has 0 spiro atoms. The molecule has 1 aliphatic carbocycles. The summed E-state index contributed by atoms with van der Waals surface area (Å²) >= 11 is 0. The van der Waals surface area contributed by atoms with E-state index < -0.39 is 34.6 Å². The second kappa shape index (κ2) is 10.2. The number of carboxylic acids is 3. The van der Waals surface area contributed by atoms with E-state index in [1.54, 1.807) is 0 Å². The Morgan fingerprint density at radius 3 is 1.46 bits per heavy atom. The van der Waals surface area contributed by atoms with Gasteiger partial charge in [-0.25, -0.2) is 14.4 Å². The van der Waals surface area contributed by atoms with Crippen LogP contribution in [-0.4, -0.2) is 45.3 Å². The van der Waals surface area contributed by atoms with Gasteiger partial charge in [-0.15, -0.1) is 0 Å². The molecule has 1 aromatic carbocycles. The molecule has 2 atom stereocenters. The largest absolute Gasteiger partial charge is 2.00 e. The number of hydrogen-bond donors (Lipinski definition) is 3. The third-order valence-electron chi connectivity index (χ3n) is 3.51. The average Bonchev–Trinajstić information content (AvgIpc) is 2.50. The molecule has 1 fully saturated rings. The average molecular weight is 517 g/mol. The van der Waals surface area contributed by atoms with E-state index in [0.29, 0.717) is 0 Å². The van der Waals surface area contributed by atoms with Crippen molar-refractivity contribution in [3.63, 3.8) is 0 Å². The zero-order chi connectivity index (χ0) is 17.6. The summed E-state index contributed by atoms with van der Waals surface area (Å²) < 4.78 is 0. The zero-order valence-corrected chi connectivity index (χ0v) is 14.9. The van der Waals surface area contributed by atoms with Gasteiger partial charge in [-0.1, -0.05) is 31.7 Å². The minimum absolute atomic E-state index is 0. The minimum atomic E-state index is -1.58. The molecule has 0 bridgehead atoms. The van der Waals surface area contributed by atoms with Crippen LogP contribution < -0.4 is 0 Å². The van der Waals surface area contributed by atoms with Crippen molar-refractivity contribution in [1.82, 2.24) is 0 Å². The van der Waals surface area contributed by atoms with Crippen LogP contribution in [0.25, 0.3) is 11.5 Å². The summed E-state index contributed by atoms with van der Waals surface area (Å²) in [5, 5.41) is 26.0. The predicted molar refractivity (Wildman–Crippen MR) is 82.0 cm³/mol. The summed E-state index contributed by atoms with van der Waals surface area (Å²) in [7, 11) is 0. The number of carboxylic acid groups (broad SMARTS) is 3. The van der Waals surface area contributed by atoms with Gasteiger partial charge in [-0.3, -0.25) is 0 Å².